The average molecular weight is 495 g/mol. The van der Waals surface area contributed by atoms with Crippen LogP contribution in [0.25, 0.3) is 0 Å². The van der Waals surface area contributed by atoms with E-state index in [1.54, 1.807) is 0 Å². The van der Waals surface area contributed by atoms with Crippen LogP contribution in [-0.4, -0.2) is 40.2 Å². The van der Waals surface area contributed by atoms with Crippen molar-refractivity contribution < 1.29 is 19.1 Å². The first kappa shape index (κ1) is 32.5. The predicted molar refractivity (Wildman–Crippen MR) is 143 cm³/mol. The van der Waals surface area contributed by atoms with E-state index in [2.05, 4.69) is 13.8 Å². The van der Waals surface area contributed by atoms with Crippen molar-refractivity contribution >= 4 is 19.4 Å². The minimum atomic E-state index is -3.94. The van der Waals surface area contributed by atoms with Gasteiger partial charge in [0.25, 0.3) is 0 Å². The van der Waals surface area contributed by atoms with Gasteiger partial charge in [0, 0.05) is 12.4 Å². The number of hydrogen-bond acceptors (Lipinski definition) is 3. The molecule has 0 radical (unpaired) electrons. The third-order valence-corrected chi connectivity index (χ3v) is 8.07. The van der Waals surface area contributed by atoms with E-state index in [1.165, 1.54) is 109 Å². The molecule has 0 aromatic rings. The van der Waals surface area contributed by atoms with Crippen LogP contribution in [0.2, 0.25) is 0 Å². The van der Waals surface area contributed by atoms with Gasteiger partial charge in [-0.15, -0.1) is 0 Å². The number of hydrogen-bond donors (Lipinski definition) is 2. The second-order valence-corrected chi connectivity index (χ2v) is 12.3. The Bertz CT molecular complexity index is 417. The van der Waals surface area contributed by atoms with Crippen LogP contribution in [0.4, 0.5) is 0 Å². The van der Waals surface area contributed by atoms with E-state index in [4.69, 9.17) is 4.74 Å². The van der Waals surface area contributed by atoms with Gasteiger partial charge >= 0.3 is 7.60 Å². The summed E-state index contributed by atoms with van der Waals surface area (Å²) in [5.74, 6) is 1.98. The van der Waals surface area contributed by atoms with Gasteiger partial charge in [-0.2, -0.15) is 11.8 Å². The van der Waals surface area contributed by atoms with Gasteiger partial charge in [-0.05, 0) is 25.0 Å². The summed E-state index contributed by atoms with van der Waals surface area (Å²) in [7, 11) is -3.94. The maximum atomic E-state index is 11.3. The van der Waals surface area contributed by atoms with E-state index in [-0.39, 0.29) is 12.3 Å². The van der Waals surface area contributed by atoms with E-state index in [1.807, 2.05) is 11.8 Å². The van der Waals surface area contributed by atoms with Gasteiger partial charge in [0.15, 0.2) is 0 Å². The molecule has 1 atom stereocenters. The third-order valence-electron chi connectivity index (χ3n) is 6.04. The molecule has 0 spiro atoms. The maximum Gasteiger partial charge on any atom is 0.325 e. The maximum absolute atomic E-state index is 11.3. The molecule has 194 valence electrons. The molecule has 4 nitrogen and oxygen atoms in total. The smallest absolute Gasteiger partial charge is 0.325 e. The summed E-state index contributed by atoms with van der Waals surface area (Å²) in [5, 5.41) is 0. The zero-order chi connectivity index (χ0) is 23.8. The Morgan fingerprint density at radius 3 is 1.59 bits per heavy atom. The molecule has 0 fully saturated rings. The molecule has 0 amide bonds. The Morgan fingerprint density at radius 2 is 1.12 bits per heavy atom. The van der Waals surface area contributed by atoms with E-state index in [9.17, 15) is 14.4 Å². The van der Waals surface area contributed by atoms with Gasteiger partial charge in [0.2, 0.25) is 0 Å². The monoisotopic (exact) mass is 494 g/mol. The van der Waals surface area contributed by atoms with Gasteiger partial charge < -0.3 is 14.5 Å². The van der Waals surface area contributed by atoms with E-state index >= 15 is 0 Å². The molecular weight excluding hydrogens is 439 g/mol. The summed E-state index contributed by atoms with van der Waals surface area (Å²) in [6.07, 6.45) is 24.1. The van der Waals surface area contributed by atoms with E-state index in [0.29, 0.717) is 6.42 Å². The summed E-state index contributed by atoms with van der Waals surface area (Å²) in [6, 6.07) is 0. The molecule has 0 aromatic carbocycles. The molecule has 1 unspecified atom stereocenters. The van der Waals surface area contributed by atoms with Crippen molar-refractivity contribution in [1.29, 1.82) is 0 Å². The predicted octanol–water partition coefficient (Wildman–Crippen LogP) is 8.73. The van der Waals surface area contributed by atoms with Crippen LogP contribution in [-0.2, 0) is 9.30 Å². The Labute approximate surface area is 204 Å². The Kier molecular flexibility index (Phi) is 24.9. The van der Waals surface area contributed by atoms with Crippen molar-refractivity contribution in [3.05, 3.63) is 0 Å². The fourth-order valence-corrected chi connectivity index (χ4v) is 5.64. The Balaban J connectivity index is 3.76. The van der Waals surface area contributed by atoms with E-state index in [0.717, 1.165) is 24.5 Å². The molecule has 0 rings (SSSR count). The van der Waals surface area contributed by atoms with Crippen LogP contribution >= 0.6 is 19.4 Å². The molecule has 0 heterocycles. The van der Waals surface area contributed by atoms with Crippen LogP contribution in [0.15, 0.2) is 0 Å². The first-order valence-electron chi connectivity index (χ1n) is 13.7. The highest BCUT2D eigenvalue weighted by Gasteiger charge is 2.18. The second kappa shape index (κ2) is 24.6. The molecule has 0 saturated heterocycles. The molecule has 6 heteroatoms. The normalized spacial score (nSPS) is 13.0. The number of thioether (sulfide) groups is 1. The summed E-state index contributed by atoms with van der Waals surface area (Å²) in [6.45, 7) is 5.24. The summed E-state index contributed by atoms with van der Waals surface area (Å²) >= 11 is 1.89. The molecular formula is C26H55O4PS. The lowest BCUT2D eigenvalue weighted by molar-refractivity contribution is 0.0635. The quantitative estimate of drug-likeness (QED) is 0.0929. The van der Waals surface area contributed by atoms with Crippen LogP contribution in [0.5, 0.6) is 0 Å². The molecule has 0 aliphatic carbocycles. The van der Waals surface area contributed by atoms with Crippen molar-refractivity contribution in [2.45, 2.75) is 142 Å². The fraction of sp³-hybridized carbons (Fsp3) is 1.00. The Morgan fingerprint density at radius 1 is 0.688 bits per heavy atom. The third kappa shape index (κ3) is 26.7. The molecule has 0 saturated carbocycles. The summed E-state index contributed by atoms with van der Waals surface area (Å²) in [4.78, 5) is 18.4. The molecule has 0 aliphatic heterocycles. The zero-order valence-electron chi connectivity index (χ0n) is 21.4. The zero-order valence-corrected chi connectivity index (χ0v) is 23.1. The fourth-order valence-electron chi connectivity index (χ4n) is 3.92. The molecule has 0 bridgehead atoms. The number of unbranched alkanes of at least 4 members (excludes halogenated alkanes) is 16. The average Bonchev–Trinajstić information content (AvgIpc) is 2.75. The van der Waals surface area contributed by atoms with Crippen molar-refractivity contribution in [1.82, 2.24) is 0 Å². The minimum absolute atomic E-state index is 0.0276. The van der Waals surface area contributed by atoms with E-state index < -0.39 is 7.60 Å². The highest BCUT2D eigenvalue weighted by Crippen LogP contribution is 2.36. The van der Waals surface area contributed by atoms with Crippen molar-refractivity contribution in [2.75, 3.05) is 24.3 Å². The van der Waals surface area contributed by atoms with Crippen LogP contribution in [0.3, 0.4) is 0 Å². The first-order chi connectivity index (χ1) is 15.5. The second-order valence-electron chi connectivity index (χ2n) is 9.40. The van der Waals surface area contributed by atoms with Gasteiger partial charge in [-0.25, -0.2) is 0 Å². The lowest BCUT2D eigenvalue weighted by Crippen LogP contribution is -2.19. The molecule has 32 heavy (non-hydrogen) atoms. The topological polar surface area (TPSA) is 66.8 Å². The minimum Gasteiger partial charge on any atom is -0.377 e. The molecule has 0 aromatic heterocycles. The Hall–Kier alpha value is 0.460. The van der Waals surface area contributed by atoms with Gasteiger partial charge in [0.05, 0.1) is 12.3 Å². The number of rotatable bonds is 26. The van der Waals surface area contributed by atoms with Crippen molar-refractivity contribution in [3.63, 3.8) is 0 Å². The lowest BCUT2D eigenvalue weighted by Gasteiger charge is -2.18. The van der Waals surface area contributed by atoms with Crippen molar-refractivity contribution in [2.24, 2.45) is 0 Å². The van der Waals surface area contributed by atoms with Crippen LogP contribution in [0, 0.1) is 0 Å². The SMILES string of the molecule is CCCCCCCCCCCCOC(CCP(=O)(O)O)CSCCCCCCCCCC. The number of ether oxygens (including phenoxy) is 1. The lowest BCUT2D eigenvalue weighted by atomic mass is 10.1. The summed E-state index contributed by atoms with van der Waals surface area (Å²) < 4.78 is 17.3. The largest absolute Gasteiger partial charge is 0.377 e. The van der Waals surface area contributed by atoms with Gasteiger partial charge in [-0.3, -0.25) is 4.57 Å². The van der Waals surface area contributed by atoms with Gasteiger partial charge in [-0.1, -0.05) is 117 Å². The van der Waals surface area contributed by atoms with Crippen LogP contribution < -0.4 is 0 Å². The highest BCUT2D eigenvalue weighted by atomic mass is 32.2. The van der Waals surface area contributed by atoms with Crippen molar-refractivity contribution in [3.8, 4) is 0 Å². The highest BCUT2D eigenvalue weighted by molar-refractivity contribution is 7.99. The molecule has 2 N–H and O–H groups in total. The first-order valence-corrected chi connectivity index (χ1v) is 16.7. The van der Waals surface area contributed by atoms with Crippen LogP contribution in [0.1, 0.15) is 136 Å². The molecule has 0 aliphatic rings. The standard InChI is InChI=1S/C26H55O4PS/c1-3-5-7-9-11-13-14-15-17-19-22-30-26(21-23-31(27,28)29)25-32-24-20-18-16-12-10-8-6-4-2/h26H,3-25H2,1-2H3,(H2,27,28,29). The van der Waals surface area contributed by atoms with Gasteiger partial charge in [0.1, 0.15) is 0 Å². The summed E-state index contributed by atoms with van der Waals surface area (Å²) in [5.41, 5.74) is 0.